The number of methoxy groups -OCH3 is 2. The van der Waals surface area contributed by atoms with Crippen molar-refractivity contribution in [3.8, 4) is 11.5 Å². The molecule has 1 saturated heterocycles. The Hall–Kier alpha value is -3.94. The maximum absolute atomic E-state index is 13.5. The lowest BCUT2D eigenvalue weighted by Crippen LogP contribution is -2.48. The highest BCUT2D eigenvalue weighted by Gasteiger charge is 2.37. The highest BCUT2D eigenvalue weighted by Crippen LogP contribution is 2.37. The van der Waals surface area contributed by atoms with Gasteiger partial charge in [-0.25, -0.2) is 9.78 Å². The van der Waals surface area contributed by atoms with Crippen LogP contribution in [0.3, 0.4) is 0 Å². The lowest BCUT2D eigenvalue weighted by Gasteiger charge is -2.40. The maximum Gasteiger partial charge on any atom is 0.410 e. The zero-order chi connectivity index (χ0) is 41.5. The van der Waals surface area contributed by atoms with E-state index in [1.807, 2.05) is 57.2 Å². The van der Waals surface area contributed by atoms with Crippen LogP contribution in [0.15, 0.2) is 66.7 Å². The van der Waals surface area contributed by atoms with Crippen molar-refractivity contribution in [3.05, 3.63) is 89.2 Å². The summed E-state index contributed by atoms with van der Waals surface area (Å²) in [5.41, 5.74) is 4.47. The van der Waals surface area contributed by atoms with Crippen molar-refractivity contribution in [1.82, 2.24) is 14.9 Å². The third-order valence-corrected chi connectivity index (χ3v) is 11.9. The molecule has 2 heterocycles. The van der Waals surface area contributed by atoms with Crippen molar-refractivity contribution in [1.29, 1.82) is 0 Å². The first-order valence-electron chi connectivity index (χ1n) is 20.9. The molecule has 1 aliphatic rings. The lowest BCUT2D eigenvalue weighted by atomic mass is 9.86. The normalized spacial score (nSPS) is 16.7. The molecule has 3 aromatic carbocycles. The first-order chi connectivity index (χ1) is 27.8. The number of piperidine rings is 1. The molecule has 0 aliphatic carbocycles. The molecule has 1 N–H and O–H groups in total. The molecule has 1 fully saturated rings. The van der Waals surface area contributed by atoms with Crippen molar-refractivity contribution in [2.75, 3.05) is 60.3 Å². The minimum Gasteiger partial charge on any atom is -0.496 e. The number of fused-ring (bicyclic) bond motifs is 1. The average molecular weight is 818 g/mol. The van der Waals surface area contributed by atoms with Crippen molar-refractivity contribution in [2.24, 2.45) is 0 Å². The predicted octanol–water partition coefficient (Wildman–Crippen LogP) is 9.73. The van der Waals surface area contributed by atoms with Crippen LogP contribution in [-0.2, 0) is 36.7 Å². The third kappa shape index (κ3) is 14.1. The number of hydrogen-bond acceptors (Lipinski definition) is 9. The molecule has 318 valence electrons. The van der Waals surface area contributed by atoms with Crippen LogP contribution in [-0.4, -0.2) is 101 Å². The summed E-state index contributed by atoms with van der Waals surface area (Å²) >= 11 is 0. The highest BCUT2D eigenvalue weighted by molar-refractivity contribution is 6.76. The van der Waals surface area contributed by atoms with Gasteiger partial charge in [-0.05, 0) is 69.5 Å². The Morgan fingerprint density at radius 1 is 0.914 bits per heavy atom. The Balaban J connectivity index is 1.31. The molecule has 1 aliphatic heterocycles. The second kappa shape index (κ2) is 21.9. The molecule has 0 spiro atoms. The van der Waals surface area contributed by atoms with Crippen LogP contribution >= 0.6 is 0 Å². The number of aryl methyl sites for hydroxylation is 1. The van der Waals surface area contributed by atoms with Crippen LogP contribution in [0.4, 0.5) is 4.79 Å². The summed E-state index contributed by atoms with van der Waals surface area (Å²) in [6.07, 6.45) is 2.86. The van der Waals surface area contributed by atoms with Crippen molar-refractivity contribution in [2.45, 2.75) is 109 Å². The van der Waals surface area contributed by atoms with Gasteiger partial charge in [-0.3, -0.25) is 0 Å². The van der Waals surface area contributed by atoms with Crippen LogP contribution in [0, 0.1) is 0 Å². The Labute approximate surface area is 347 Å². The summed E-state index contributed by atoms with van der Waals surface area (Å²) in [7, 11) is 2.15. The molecule has 1 amide bonds. The van der Waals surface area contributed by atoms with E-state index in [1.165, 1.54) is 0 Å². The molecular formula is C46H67N3O8Si. The van der Waals surface area contributed by atoms with E-state index < -0.39 is 13.7 Å². The summed E-state index contributed by atoms with van der Waals surface area (Å²) in [4.78, 5) is 23.8. The number of nitrogens with zero attached hydrogens (tertiary/aromatic N) is 2. The summed E-state index contributed by atoms with van der Waals surface area (Å²) < 4.78 is 42.1. The van der Waals surface area contributed by atoms with Gasteiger partial charge in [-0.1, -0.05) is 62.1 Å². The maximum atomic E-state index is 13.5. The van der Waals surface area contributed by atoms with Gasteiger partial charge in [0.05, 0.1) is 56.7 Å². The van der Waals surface area contributed by atoms with E-state index in [4.69, 9.17) is 38.1 Å². The van der Waals surface area contributed by atoms with Crippen LogP contribution in [0.2, 0.25) is 25.7 Å². The van der Waals surface area contributed by atoms with Crippen LogP contribution in [0.1, 0.15) is 81.0 Å². The third-order valence-electron chi connectivity index (χ3n) is 10.2. The van der Waals surface area contributed by atoms with E-state index in [-0.39, 0.29) is 24.2 Å². The van der Waals surface area contributed by atoms with Crippen molar-refractivity contribution < 1.29 is 38.0 Å². The molecule has 3 unspecified atom stereocenters. The van der Waals surface area contributed by atoms with Crippen molar-refractivity contribution >= 4 is 25.2 Å². The number of carbonyl (C=O) groups excluding carboxylic acids is 1. The fourth-order valence-electron chi connectivity index (χ4n) is 7.14. The van der Waals surface area contributed by atoms with Crippen LogP contribution in [0.25, 0.3) is 11.0 Å². The average Bonchev–Trinajstić information content (AvgIpc) is 3.61. The fraction of sp³-hybridized carbons (Fsp3) is 0.565. The first kappa shape index (κ1) is 45.1. The van der Waals surface area contributed by atoms with Gasteiger partial charge in [0, 0.05) is 77.9 Å². The molecule has 0 radical (unpaired) electrons. The number of hydrogen-bond donors (Lipinski definition) is 1. The van der Waals surface area contributed by atoms with E-state index in [0.29, 0.717) is 52.5 Å². The van der Waals surface area contributed by atoms with E-state index in [1.54, 1.807) is 19.1 Å². The Morgan fingerprint density at radius 3 is 2.45 bits per heavy atom. The smallest absolute Gasteiger partial charge is 0.410 e. The predicted molar refractivity (Wildman–Crippen MR) is 232 cm³/mol. The lowest BCUT2D eigenvalue weighted by molar-refractivity contribution is -0.0733. The summed E-state index contributed by atoms with van der Waals surface area (Å²) in [6, 6.07) is 23.6. The fourth-order valence-corrected chi connectivity index (χ4v) is 7.90. The van der Waals surface area contributed by atoms with Gasteiger partial charge in [0.2, 0.25) is 0 Å². The molecule has 3 atom stereocenters. The van der Waals surface area contributed by atoms with E-state index in [9.17, 15) is 4.79 Å². The second-order valence-corrected chi connectivity index (χ2v) is 23.0. The number of nitrogens with one attached hydrogen (secondary N) is 1. The first-order valence-corrected chi connectivity index (χ1v) is 24.6. The number of aromatic amines is 1. The molecule has 0 bridgehead atoms. The number of carbonyl (C=O) groups is 1. The SMILES string of the molecule is COCCCc1nc2c(C(CCOCC[Si](C)(C)C)OC3CN(C(=O)OC(C)(C)C)CCC3c3ccc(OCCCOCc4ccccc4OC)cc3)cccc2[nH]1. The van der Waals surface area contributed by atoms with E-state index >= 15 is 0 Å². The molecule has 5 rings (SSSR count). The van der Waals surface area contributed by atoms with Crippen LogP contribution < -0.4 is 9.47 Å². The van der Waals surface area contributed by atoms with E-state index in [2.05, 4.69) is 55.0 Å². The number of imidazole rings is 1. The summed E-state index contributed by atoms with van der Waals surface area (Å²) in [5.74, 6) is 2.60. The van der Waals surface area contributed by atoms with E-state index in [0.717, 1.165) is 83.4 Å². The van der Waals surface area contributed by atoms with Crippen LogP contribution in [0.5, 0.6) is 11.5 Å². The van der Waals surface area contributed by atoms with Gasteiger partial charge >= 0.3 is 6.09 Å². The second-order valence-electron chi connectivity index (χ2n) is 17.4. The Kier molecular flexibility index (Phi) is 17.0. The largest absolute Gasteiger partial charge is 0.496 e. The molecule has 11 nitrogen and oxygen atoms in total. The van der Waals surface area contributed by atoms with Gasteiger partial charge in [-0.2, -0.15) is 0 Å². The number of H-pyrrole nitrogens is 1. The minimum absolute atomic E-state index is 0.0365. The molecule has 12 heteroatoms. The zero-order valence-electron chi connectivity index (χ0n) is 36.1. The quantitative estimate of drug-likeness (QED) is 0.0612. The van der Waals surface area contributed by atoms with Gasteiger partial charge in [-0.15, -0.1) is 0 Å². The molecule has 0 saturated carbocycles. The Morgan fingerprint density at radius 2 is 1.71 bits per heavy atom. The monoisotopic (exact) mass is 817 g/mol. The number of rotatable bonds is 22. The van der Waals surface area contributed by atoms with Gasteiger partial charge < -0.3 is 43.0 Å². The number of para-hydroxylation sites is 2. The molecule has 58 heavy (non-hydrogen) atoms. The minimum atomic E-state index is -1.24. The highest BCUT2D eigenvalue weighted by atomic mass is 28.3. The van der Waals surface area contributed by atoms with Gasteiger partial charge in [0.15, 0.2) is 0 Å². The molecular weight excluding hydrogens is 751 g/mol. The molecule has 4 aromatic rings. The number of benzene rings is 3. The molecule has 1 aromatic heterocycles. The number of aromatic nitrogens is 2. The zero-order valence-corrected chi connectivity index (χ0v) is 37.1. The summed E-state index contributed by atoms with van der Waals surface area (Å²) in [6.45, 7) is 17.3. The summed E-state index contributed by atoms with van der Waals surface area (Å²) in [5, 5.41) is 0. The van der Waals surface area contributed by atoms with Crippen molar-refractivity contribution in [3.63, 3.8) is 0 Å². The van der Waals surface area contributed by atoms with Gasteiger partial charge in [0.1, 0.15) is 22.9 Å². The van der Waals surface area contributed by atoms with Gasteiger partial charge in [0.25, 0.3) is 0 Å². The number of ether oxygens (including phenoxy) is 7. The number of amides is 1. The standard InChI is InChI=1S/C46H67N3O8Si/c1-46(2,3)57-45(50)49-25-23-37(34-19-21-36(22-20-34)55-28-13-27-54-33-35-14-9-10-17-40(35)52-5)42(32-49)56-41(24-29-53-30-31-58(6,7)8)38-15-11-16-39-44(38)48-43(47-39)18-12-26-51-4/h9-11,14-17,19-22,37,41-42H,12-13,18,23-33H2,1-8H3,(H,47,48). The Bertz CT molecular complexity index is 1840. The topological polar surface area (TPSA) is 114 Å². The number of likely N-dealkylation sites (tertiary alicyclic amines) is 1.